The van der Waals surface area contributed by atoms with Gasteiger partial charge in [-0.25, -0.2) is 15.4 Å². The number of rotatable bonds is 8. The van der Waals surface area contributed by atoms with E-state index in [0.717, 1.165) is 21.6 Å². The molecular weight excluding hydrogens is 454 g/mol. The van der Waals surface area contributed by atoms with Crippen LogP contribution in [0.1, 0.15) is 15.9 Å². The SMILES string of the molecule is CNc1nc(-c2ccc(C(=O)NN=Cc3c(OC)cc(OC)cc3OC)cc2)nc2ccsc12. The van der Waals surface area contributed by atoms with Gasteiger partial charge in [0.2, 0.25) is 0 Å². The van der Waals surface area contributed by atoms with Crippen molar-refractivity contribution in [1.29, 1.82) is 0 Å². The zero-order valence-electron chi connectivity index (χ0n) is 19.1. The van der Waals surface area contributed by atoms with Crippen LogP contribution in [-0.4, -0.2) is 50.5 Å². The standard InChI is InChI=1S/C24H23N5O4S/c1-25-23-21-18(9-10-34-21)27-22(28-23)14-5-7-15(8-6-14)24(30)29-26-13-17-19(32-3)11-16(31-2)12-20(17)33-4/h5-13H,1-4H3,(H,29,30)(H,25,27,28). The molecule has 4 rings (SSSR count). The van der Waals surface area contributed by atoms with Crippen LogP contribution in [-0.2, 0) is 0 Å². The Morgan fingerprint density at radius 2 is 1.71 bits per heavy atom. The van der Waals surface area contributed by atoms with Crippen molar-refractivity contribution >= 4 is 39.5 Å². The lowest BCUT2D eigenvalue weighted by molar-refractivity contribution is 0.0955. The molecule has 1 amide bonds. The van der Waals surface area contributed by atoms with Crippen LogP contribution in [0.25, 0.3) is 21.6 Å². The molecule has 0 aliphatic rings. The number of hydrogen-bond donors (Lipinski definition) is 2. The Kier molecular flexibility index (Phi) is 6.88. The number of ether oxygens (including phenoxy) is 3. The third-order valence-electron chi connectivity index (χ3n) is 5.06. The topological polar surface area (TPSA) is 107 Å². The van der Waals surface area contributed by atoms with Crippen LogP contribution in [0.4, 0.5) is 5.82 Å². The second-order valence-corrected chi connectivity index (χ2v) is 7.92. The number of nitrogens with zero attached hydrogens (tertiary/aromatic N) is 3. The Labute approximate surface area is 200 Å². The van der Waals surface area contributed by atoms with Crippen LogP contribution < -0.4 is 25.0 Å². The van der Waals surface area contributed by atoms with Gasteiger partial charge in [-0.05, 0) is 23.6 Å². The van der Waals surface area contributed by atoms with Crippen LogP contribution in [0.5, 0.6) is 17.2 Å². The minimum absolute atomic E-state index is 0.362. The van der Waals surface area contributed by atoms with E-state index < -0.39 is 0 Å². The molecule has 0 atom stereocenters. The molecule has 0 radical (unpaired) electrons. The van der Waals surface area contributed by atoms with Gasteiger partial charge in [-0.1, -0.05) is 12.1 Å². The number of thiophene rings is 1. The number of anilines is 1. The summed E-state index contributed by atoms with van der Waals surface area (Å²) in [5.41, 5.74) is 5.22. The summed E-state index contributed by atoms with van der Waals surface area (Å²) in [5, 5.41) is 9.16. The van der Waals surface area contributed by atoms with Gasteiger partial charge >= 0.3 is 0 Å². The van der Waals surface area contributed by atoms with Crippen LogP contribution in [0.15, 0.2) is 52.9 Å². The monoisotopic (exact) mass is 477 g/mol. The number of carbonyl (C=O) groups is 1. The Morgan fingerprint density at radius 1 is 1.00 bits per heavy atom. The number of benzene rings is 2. The maximum absolute atomic E-state index is 12.6. The first-order chi connectivity index (χ1) is 16.6. The number of aromatic nitrogens is 2. The molecule has 0 aliphatic heterocycles. The van der Waals surface area contributed by atoms with E-state index >= 15 is 0 Å². The summed E-state index contributed by atoms with van der Waals surface area (Å²) in [7, 11) is 6.45. The predicted molar refractivity (Wildman–Crippen MR) is 134 cm³/mol. The molecule has 10 heteroatoms. The molecule has 0 saturated carbocycles. The molecule has 0 bridgehead atoms. The van der Waals surface area contributed by atoms with Crippen molar-refractivity contribution in [2.75, 3.05) is 33.7 Å². The molecule has 0 spiro atoms. The number of amides is 1. The third-order valence-corrected chi connectivity index (χ3v) is 5.97. The van der Waals surface area contributed by atoms with E-state index in [-0.39, 0.29) is 5.91 Å². The van der Waals surface area contributed by atoms with E-state index in [9.17, 15) is 4.79 Å². The maximum Gasteiger partial charge on any atom is 0.271 e. The van der Waals surface area contributed by atoms with Gasteiger partial charge in [0.1, 0.15) is 23.1 Å². The number of methoxy groups -OCH3 is 3. The van der Waals surface area contributed by atoms with E-state index in [0.29, 0.717) is 34.2 Å². The van der Waals surface area contributed by atoms with Crippen LogP contribution in [0.3, 0.4) is 0 Å². The van der Waals surface area contributed by atoms with Crippen LogP contribution in [0.2, 0.25) is 0 Å². The first-order valence-electron chi connectivity index (χ1n) is 10.2. The fourth-order valence-electron chi connectivity index (χ4n) is 3.31. The molecule has 174 valence electrons. The molecule has 2 heterocycles. The summed E-state index contributed by atoms with van der Waals surface area (Å²) in [6.07, 6.45) is 1.46. The second-order valence-electron chi connectivity index (χ2n) is 7.00. The average Bonchev–Trinajstić information content (AvgIpc) is 3.36. The highest BCUT2D eigenvalue weighted by molar-refractivity contribution is 7.17. The number of hydrazone groups is 1. The maximum atomic E-state index is 12.6. The number of hydrogen-bond acceptors (Lipinski definition) is 9. The summed E-state index contributed by atoms with van der Waals surface area (Å²) in [6, 6.07) is 12.4. The lowest BCUT2D eigenvalue weighted by Gasteiger charge is -2.12. The molecule has 9 nitrogen and oxygen atoms in total. The zero-order chi connectivity index (χ0) is 24.1. The number of carbonyl (C=O) groups excluding carboxylic acids is 1. The van der Waals surface area contributed by atoms with Gasteiger partial charge in [0, 0.05) is 30.3 Å². The minimum atomic E-state index is -0.362. The lowest BCUT2D eigenvalue weighted by Crippen LogP contribution is -2.17. The van der Waals surface area contributed by atoms with Crippen LogP contribution >= 0.6 is 11.3 Å². The van der Waals surface area contributed by atoms with Gasteiger partial charge < -0.3 is 19.5 Å². The summed E-state index contributed by atoms with van der Waals surface area (Å²) >= 11 is 1.59. The highest BCUT2D eigenvalue weighted by Gasteiger charge is 2.13. The van der Waals surface area contributed by atoms with E-state index in [1.54, 1.807) is 54.8 Å². The first kappa shape index (κ1) is 23.0. The fraction of sp³-hybridized carbons (Fsp3) is 0.167. The fourth-order valence-corrected chi connectivity index (χ4v) is 4.14. The van der Waals surface area contributed by atoms with Crippen molar-refractivity contribution < 1.29 is 19.0 Å². The largest absolute Gasteiger partial charge is 0.496 e. The Balaban J connectivity index is 1.51. The van der Waals surface area contributed by atoms with Crippen molar-refractivity contribution in [3.8, 4) is 28.6 Å². The van der Waals surface area contributed by atoms with Crippen molar-refractivity contribution in [3.05, 3.63) is 59.0 Å². The van der Waals surface area contributed by atoms with E-state index in [1.807, 2.05) is 18.5 Å². The second kappa shape index (κ2) is 10.2. The molecule has 0 fully saturated rings. The van der Waals surface area contributed by atoms with Crippen molar-refractivity contribution in [2.45, 2.75) is 0 Å². The van der Waals surface area contributed by atoms with Gasteiger partial charge in [-0.15, -0.1) is 11.3 Å². The Morgan fingerprint density at radius 3 is 2.32 bits per heavy atom. The molecule has 2 aromatic carbocycles. The van der Waals surface area contributed by atoms with Crippen molar-refractivity contribution in [2.24, 2.45) is 5.10 Å². The molecule has 2 aromatic heterocycles. The molecule has 0 saturated heterocycles. The highest BCUT2D eigenvalue weighted by atomic mass is 32.1. The molecule has 4 aromatic rings. The van der Waals surface area contributed by atoms with E-state index in [4.69, 9.17) is 14.2 Å². The van der Waals surface area contributed by atoms with E-state index in [2.05, 4.69) is 25.8 Å². The molecule has 0 aliphatic carbocycles. The smallest absolute Gasteiger partial charge is 0.271 e. The van der Waals surface area contributed by atoms with Gasteiger partial charge in [0.15, 0.2) is 5.82 Å². The summed E-state index contributed by atoms with van der Waals surface area (Å²) in [4.78, 5) is 21.8. The summed E-state index contributed by atoms with van der Waals surface area (Å²) < 4.78 is 17.0. The predicted octanol–water partition coefficient (Wildman–Crippen LogP) is 4.19. The Hall–Kier alpha value is -4.18. The highest BCUT2D eigenvalue weighted by Crippen LogP contribution is 2.32. The molecular formula is C24H23N5O4S. The van der Waals surface area contributed by atoms with Gasteiger partial charge in [0.05, 0.1) is 43.3 Å². The summed E-state index contributed by atoms with van der Waals surface area (Å²) in [6.45, 7) is 0. The zero-order valence-corrected chi connectivity index (χ0v) is 19.9. The number of fused-ring (bicyclic) bond motifs is 1. The normalized spacial score (nSPS) is 10.9. The third kappa shape index (κ3) is 4.62. The Bertz CT molecular complexity index is 1330. The van der Waals surface area contributed by atoms with Gasteiger partial charge in [-0.3, -0.25) is 4.79 Å². The summed E-state index contributed by atoms with van der Waals surface area (Å²) in [5.74, 6) is 2.58. The quantitative estimate of drug-likeness (QED) is 0.289. The molecule has 34 heavy (non-hydrogen) atoms. The van der Waals surface area contributed by atoms with Crippen molar-refractivity contribution in [3.63, 3.8) is 0 Å². The van der Waals surface area contributed by atoms with Gasteiger partial charge in [0.25, 0.3) is 5.91 Å². The molecule has 2 N–H and O–H groups in total. The number of nitrogens with one attached hydrogen (secondary N) is 2. The first-order valence-corrected chi connectivity index (χ1v) is 11.1. The van der Waals surface area contributed by atoms with Gasteiger partial charge in [-0.2, -0.15) is 5.10 Å². The minimum Gasteiger partial charge on any atom is -0.496 e. The van der Waals surface area contributed by atoms with Crippen LogP contribution in [0, 0.1) is 0 Å². The lowest BCUT2D eigenvalue weighted by atomic mass is 10.1. The average molecular weight is 478 g/mol. The van der Waals surface area contributed by atoms with E-state index in [1.165, 1.54) is 20.4 Å². The molecule has 0 unspecified atom stereocenters. The van der Waals surface area contributed by atoms with Crippen molar-refractivity contribution in [1.82, 2.24) is 15.4 Å².